The number of hydrogen-bond acceptors (Lipinski definition) is 3. The summed E-state index contributed by atoms with van der Waals surface area (Å²) < 4.78 is 5.90. The van der Waals surface area contributed by atoms with Crippen LogP contribution >= 0.6 is 0 Å². The van der Waals surface area contributed by atoms with Crippen LogP contribution < -0.4 is 10.1 Å². The first-order valence-corrected chi connectivity index (χ1v) is 6.96. The Morgan fingerprint density at radius 1 is 1.25 bits per heavy atom. The van der Waals surface area contributed by atoms with Crippen molar-refractivity contribution in [1.82, 2.24) is 10.2 Å². The van der Waals surface area contributed by atoms with Crippen LogP contribution in [0.3, 0.4) is 0 Å². The van der Waals surface area contributed by atoms with E-state index < -0.39 is 0 Å². The zero-order valence-electron chi connectivity index (χ0n) is 13.2. The summed E-state index contributed by atoms with van der Waals surface area (Å²) in [4.78, 5) is 13.7. The maximum atomic E-state index is 11.7. The van der Waals surface area contributed by atoms with E-state index in [1.165, 1.54) is 0 Å². The van der Waals surface area contributed by atoms with E-state index in [1.54, 1.807) is 0 Å². The maximum absolute atomic E-state index is 11.7. The van der Waals surface area contributed by atoms with E-state index in [1.807, 2.05) is 64.0 Å². The van der Waals surface area contributed by atoms with Gasteiger partial charge in [0.2, 0.25) is 5.91 Å². The number of para-hydroxylation sites is 1. The predicted octanol–water partition coefficient (Wildman–Crippen LogP) is 2.43. The molecule has 0 saturated heterocycles. The first-order chi connectivity index (χ1) is 9.28. The van der Waals surface area contributed by atoms with Gasteiger partial charge in [-0.2, -0.15) is 0 Å². The minimum absolute atomic E-state index is 0.0595. The lowest BCUT2D eigenvalue weighted by molar-refractivity contribution is -0.121. The molecule has 0 aliphatic carbocycles. The van der Waals surface area contributed by atoms with Gasteiger partial charge in [0.25, 0.3) is 0 Å². The lowest BCUT2D eigenvalue weighted by Crippen LogP contribution is -2.28. The van der Waals surface area contributed by atoms with Crippen LogP contribution in [0.4, 0.5) is 0 Å². The van der Waals surface area contributed by atoms with Crippen LogP contribution in [0.2, 0.25) is 0 Å². The highest BCUT2D eigenvalue weighted by Gasteiger charge is 2.14. The molecule has 112 valence electrons. The van der Waals surface area contributed by atoms with Gasteiger partial charge in [0.1, 0.15) is 11.4 Å². The minimum atomic E-state index is -0.245. The summed E-state index contributed by atoms with van der Waals surface area (Å²) in [6.45, 7) is 7.29. The van der Waals surface area contributed by atoms with E-state index in [0.29, 0.717) is 13.0 Å². The molecule has 0 aliphatic heterocycles. The Bertz CT molecular complexity index is 436. The van der Waals surface area contributed by atoms with E-state index in [0.717, 1.165) is 17.9 Å². The molecule has 0 atom stereocenters. The third-order valence-electron chi connectivity index (χ3n) is 2.65. The van der Waals surface area contributed by atoms with Crippen molar-refractivity contribution in [2.45, 2.75) is 39.3 Å². The van der Waals surface area contributed by atoms with Gasteiger partial charge < -0.3 is 15.0 Å². The maximum Gasteiger partial charge on any atom is 0.221 e. The molecule has 20 heavy (non-hydrogen) atoms. The van der Waals surface area contributed by atoms with E-state index in [-0.39, 0.29) is 11.5 Å². The van der Waals surface area contributed by atoms with Crippen molar-refractivity contribution in [3.8, 4) is 5.75 Å². The molecule has 1 amide bonds. The summed E-state index contributed by atoms with van der Waals surface area (Å²) >= 11 is 0. The van der Waals surface area contributed by atoms with Crippen molar-refractivity contribution in [3.63, 3.8) is 0 Å². The van der Waals surface area contributed by atoms with Gasteiger partial charge in [-0.25, -0.2) is 0 Å². The summed E-state index contributed by atoms with van der Waals surface area (Å²) in [6, 6.07) is 7.81. The van der Waals surface area contributed by atoms with Crippen molar-refractivity contribution >= 4 is 5.91 Å². The van der Waals surface area contributed by atoms with E-state index >= 15 is 0 Å². The lowest BCUT2D eigenvalue weighted by atomic mass is 10.1. The second-order valence-electron chi connectivity index (χ2n) is 6.15. The molecule has 0 saturated carbocycles. The number of benzene rings is 1. The SMILES string of the molecule is CN(C)CCC(=O)NCc1ccccc1OC(C)(C)C. The van der Waals surface area contributed by atoms with Gasteiger partial charge in [0, 0.05) is 25.1 Å². The fraction of sp³-hybridized carbons (Fsp3) is 0.562. The molecule has 0 fully saturated rings. The molecule has 0 bridgehead atoms. The molecule has 1 aromatic rings. The third kappa shape index (κ3) is 6.57. The first kappa shape index (κ1) is 16.5. The Kier molecular flexibility index (Phi) is 6.02. The Hall–Kier alpha value is -1.55. The number of amides is 1. The molecule has 4 nitrogen and oxygen atoms in total. The highest BCUT2D eigenvalue weighted by molar-refractivity contribution is 5.76. The molecular weight excluding hydrogens is 252 g/mol. The van der Waals surface area contributed by atoms with E-state index in [9.17, 15) is 4.79 Å². The van der Waals surface area contributed by atoms with E-state index in [2.05, 4.69) is 5.32 Å². The predicted molar refractivity (Wildman–Crippen MR) is 81.8 cm³/mol. The summed E-state index contributed by atoms with van der Waals surface area (Å²) in [5.74, 6) is 0.886. The Balaban J connectivity index is 2.57. The number of rotatable bonds is 6. The molecule has 0 heterocycles. The van der Waals surface area contributed by atoms with Gasteiger partial charge in [-0.15, -0.1) is 0 Å². The highest BCUT2D eigenvalue weighted by atomic mass is 16.5. The van der Waals surface area contributed by atoms with Crippen LogP contribution in [0.5, 0.6) is 5.75 Å². The van der Waals surface area contributed by atoms with Crippen molar-refractivity contribution in [2.24, 2.45) is 0 Å². The van der Waals surface area contributed by atoms with Gasteiger partial charge in [0.05, 0.1) is 0 Å². The summed E-state index contributed by atoms with van der Waals surface area (Å²) in [7, 11) is 3.92. The number of carbonyl (C=O) groups is 1. The van der Waals surface area contributed by atoms with Crippen LogP contribution in [0.1, 0.15) is 32.8 Å². The summed E-state index contributed by atoms with van der Waals surface area (Å²) in [5.41, 5.74) is 0.756. The summed E-state index contributed by atoms with van der Waals surface area (Å²) in [6.07, 6.45) is 0.509. The van der Waals surface area contributed by atoms with Crippen molar-refractivity contribution < 1.29 is 9.53 Å². The molecule has 0 aromatic heterocycles. The number of hydrogen-bond donors (Lipinski definition) is 1. The second-order valence-corrected chi connectivity index (χ2v) is 6.15. The van der Waals surface area contributed by atoms with Gasteiger partial charge in [-0.1, -0.05) is 18.2 Å². The first-order valence-electron chi connectivity index (χ1n) is 6.96. The second kappa shape index (κ2) is 7.29. The fourth-order valence-electron chi connectivity index (χ4n) is 1.69. The van der Waals surface area contributed by atoms with Crippen LogP contribution in [0.15, 0.2) is 24.3 Å². The Morgan fingerprint density at radius 2 is 1.90 bits per heavy atom. The minimum Gasteiger partial charge on any atom is -0.488 e. The average Bonchev–Trinajstić information content (AvgIpc) is 2.33. The largest absolute Gasteiger partial charge is 0.488 e. The van der Waals surface area contributed by atoms with E-state index in [4.69, 9.17) is 4.74 Å². The van der Waals surface area contributed by atoms with Gasteiger partial charge in [0.15, 0.2) is 0 Å². The zero-order valence-corrected chi connectivity index (χ0v) is 13.2. The molecule has 1 rings (SSSR count). The lowest BCUT2D eigenvalue weighted by Gasteiger charge is -2.23. The normalized spacial score (nSPS) is 11.5. The average molecular weight is 278 g/mol. The molecule has 0 radical (unpaired) electrons. The van der Waals surface area contributed by atoms with Gasteiger partial charge in [-0.05, 0) is 40.9 Å². The molecule has 1 aromatic carbocycles. The Labute approximate surface area is 122 Å². The van der Waals surface area contributed by atoms with Crippen molar-refractivity contribution in [2.75, 3.05) is 20.6 Å². The smallest absolute Gasteiger partial charge is 0.221 e. The number of ether oxygens (including phenoxy) is 1. The monoisotopic (exact) mass is 278 g/mol. The molecule has 0 aliphatic rings. The van der Waals surface area contributed by atoms with Crippen molar-refractivity contribution in [1.29, 1.82) is 0 Å². The standard InChI is InChI=1S/C16H26N2O2/c1-16(2,3)20-14-9-7-6-8-13(14)12-17-15(19)10-11-18(4)5/h6-9H,10-12H2,1-5H3,(H,17,19). The Morgan fingerprint density at radius 3 is 2.50 bits per heavy atom. The molecule has 0 spiro atoms. The van der Waals surface area contributed by atoms with Crippen LogP contribution in [0, 0.1) is 0 Å². The third-order valence-corrected chi connectivity index (χ3v) is 2.65. The molecular formula is C16H26N2O2. The quantitative estimate of drug-likeness (QED) is 0.869. The number of nitrogens with zero attached hydrogens (tertiary/aromatic N) is 1. The van der Waals surface area contributed by atoms with Gasteiger partial charge >= 0.3 is 0 Å². The van der Waals surface area contributed by atoms with Crippen LogP contribution in [0.25, 0.3) is 0 Å². The molecule has 4 heteroatoms. The van der Waals surface area contributed by atoms with Crippen LogP contribution in [-0.4, -0.2) is 37.0 Å². The zero-order chi connectivity index (χ0) is 15.2. The topological polar surface area (TPSA) is 41.6 Å². The van der Waals surface area contributed by atoms with Gasteiger partial charge in [-0.3, -0.25) is 4.79 Å². The van der Waals surface area contributed by atoms with Crippen LogP contribution in [-0.2, 0) is 11.3 Å². The molecule has 1 N–H and O–H groups in total. The molecule has 0 unspecified atom stereocenters. The highest BCUT2D eigenvalue weighted by Crippen LogP contribution is 2.22. The fourth-order valence-corrected chi connectivity index (χ4v) is 1.69. The number of carbonyl (C=O) groups excluding carboxylic acids is 1. The number of nitrogens with one attached hydrogen (secondary N) is 1. The van der Waals surface area contributed by atoms with Crippen molar-refractivity contribution in [3.05, 3.63) is 29.8 Å². The summed E-state index contributed by atoms with van der Waals surface area (Å²) in [5, 5.41) is 2.93.